The second-order valence-electron chi connectivity index (χ2n) is 5.89. The van der Waals surface area contributed by atoms with Crippen LogP contribution in [0.3, 0.4) is 0 Å². The standard InChI is InChI=1S/C14H27N5O/c1-12(2)9-19-14(16-11-17-19)10-18-6-3-13(4-7-18)20-8-5-15/h11-13H,3-10,15H2,1-2H3. The van der Waals surface area contributed by atoms with E-state index in [1.165, 1.54) is 0 Å². The molecule has 1 aliphatic heterocycles. The van der Waals surface area contributed by atoms with Crippen LogP contribution < -0.4 is 5.73 Å². The van der Waals surface area contributed by atoms with Crippen LogP contribution in [0.2, 0.25) is 0 Å². The molecule has 0 atom stereocenters. The van der Waals surface area contributed by atoms with E-state index < -0.39 is 0 Å². The van der Waals surface area contributed by atoms with E-state index in [0.717, 1.165) is 44.8 Å². The van der Waals surface area contributed by atoms with Crippen molar-refractivity contribution in [3.8, 4) is 0 Å². The fourth-order valence-electron chi connectivity index (χ4n) is 2.58. The summed E-state index contributed by atoms with van der Waals surface area (Å²) in [7, 11) is 0. The van der Waals surface area contributed by atoms with E-state index in [9.17, 15) is 0 Å². The number of piperidine rings is 1. The summed E-state index contributed by atoms with van der Waals surface area (Å²) in [5.41, 5.74) is 5.47. The monoisotopic (exact) mass is 281 g/mol. The lowest BCUT2D eigenvalue weighted by Crippen LogP contribution is -2.37. The lowest BCUT2D eigenvalue weighted by Gasteiger charge is -2.31. The Morgan fingerprint density at radius 1 is 1.40 bits per heavy atom. The number of aromatic nitrogens is 3. The molecule has 0 spiro atoms. The highest BCUT2D eigenvalue weighted by Gasteiger charge is 2.21. The second-order valence-corrected chi connectivity index (χ2v) is 5.89. The van der Waals surface area contributed by atoms with Gasteiger partial charge in [-0.1, -0.05) is 13.8 Å². The van der Waals surface area contributed by atoms with Crippen LogP contribution in [-0.2, 0) is 17.8 Å². The molecule has 0 bridgehead atoms. The number of hydrogen-bond donors (Lipinski definition) is 1. The number of nitrogens with zero attached hydrogens (tertiary/aromatic N) is 4. The molecular weight excluding hydrogens is 254 g/mol. The molecule has 2 N–H and O–H groups in total. The highest BCUT2D eigenvalue weighted by Crippen LogP contribution is 2.15. The summed E-state index contributed by atoms with van der Waals surface area (Å²) in [4.78, 5) is 6.83. The molecule has 1 saturated heterocycles. The molecule has 0 radical (unpaired) electrons. The van der Waals surface area contributed by atoms with E-state index in [4.69, 9.17) is 10.5 Å². The Hall–Kier alpha value is -0.980. The van der Waals surface area contributed by atoms with Crippen molar-refractivity contribution in [1.29, 1.82) is 0 Å². The summed E-state index contributed by atoms with van der Waals surface area (Å²) in [6, 6.07) is 0. The van der Waals surface area contributed by atoms with Gasteiger partial charge in [0.15, 0.2) is 0 Å². The van der Waals surface area contributed by atoms with Crippen LogP contribution in [0.25, 0.3) is 0 Å². The van der Waals surface area contributed by atoms with Crippen molar-refractivity contribution in [2.75, 3.05) is 26.2 Å². The Balaban J connectivity index is 1.79. The van der Waals surface area contributed by atoms with Gasteiger partial charge in [0.2, 0.25) is 0 Å². The number of likely N-dealkylation sites (tertiary alicyclic amines) is 1. The number of nitrogens with two attached hydrogens (primary N) is 1. The molecule has 1 aromatic heterocycles. The van der Waals surface area contributed by atoms with E-state index in [1.807, 2.05) is 4.68 Å². The normalized spacial score (nSPS) is 18.0. The highest BCUT2D eigenvalue weighted by atomic mass is 16.5. The SMILES string of the molecule is CC(C)Cn1ncnc1CN1CCC(OCCN)CC1. The van der Waals surface area contributed by atoms with E-state index >= 15 is 0 Å². The highest BCUT2D eigenvalue weighted by molar-refractivity contribution is 4.86. The summed E-state index contributed by atoms with van der Waals surface area (Å²) in [5.74, 6) is 1.66. The van der Waals surface area contributed by atoms with Gasteiger partial charge in [-0.15, -0.1) is 0 Å². The molecule has 0 saturated carbocycles. The van der Waals surface area contributed by atoms with Gasteiger partial charge in [0, 0.05) is 26.2 Å². The third-order valence-corrected chi connectivity index (χ3v) is 3.60. The Morgan fingerprint density at radius 3 is 2.80 bits per heavy atom. The third-order valence-electron chi connectivity index (χ3n) is 3.60. The average molecular weight is 281 g/mol. The molecule has 2 rings (SSSR count). The minimum atomic E-state index is 0.378. The van der Waals surface area contributed by atoms with Crippen LogP contribution >= 0.6 is 0 Å². The van der Waals surface area contributed by atoms with Crippen molar-refractivity contribution < 1.29 is 4.74 Å². The largest absolute Gasteiger partial charge is 0.377 e. The lowest BCUT2D eigenvalue weighted by molar-refractivity contribution is 0.00899. The first-order valence-corrected chi connectivity index (χ1v) is 7.59. The van der Waals surface area contributed by atoms with E-state index in [1.54, 1.807) is 6.33 Å². The van der Waals surface area contributed by atoms with E-state index in [-0.39, 0.29) is 0 Å². The van der Waals surface area contributed by atoms with Crippen molar-refractivity contribution in [2.45, 2.75) is 45.9 Å². The molecule has 1 aromatic rings. The summed E-state index contributed by atoms with van der Waals surface area (Å²) in [5, 5.41) is 4.32. The zero-order chi connectivity index (χ0) is 14.4. The van der Waals surface area contributed by atoms with Crippen molar-refractivity contribution in [3.63, 3.8) is 0 Å². The second kappa shape index (κ2) is 7.71. The number of ether oxygens (including phenoxy) is 1. The molecule has 6 nitrogen and oxygen atoms in total. The molecule has 0 unspecified atom stereocenters. The van der Waals surface area contributed by atoms with Crippen LogP contribution in [0.15, 0.2) is 6.33 Å². The third kappa shape index (κ3) is 4.54. The maximum absolute atomic E-state index is 5.71. The van der Waals surface area contributed by atoms with Crippen molar-refractivity contribution in [2.24, 2.45) is 11.7 Å². The average Bonchev–Trinajstić information content (AvgIpc) is 2.84. The van der Waals surface area contributed by atoms with Crippen molar-refractivity contribution >= 4 is 0 Å². The van der Waals surface area contributed by atoms with Gasteiger partial charge in [0.25, 0.3) is 0 Å². The Labute approximate surface area is 121 Å². The lowest BCUT2D eigenvalue weighted by atomic mass is 10.1. The molecule has 0 amide bonds. The van der Waals surface area contributed by atoms with Crippen LogP contribution in [0.4, 0.5) is 0 Å². The zero-order valence-corrected chi connectivity index (χ0v) is 12.7. The maximum atomic E-state index is 5.71. The van der Waals surface area contributed by atoms with Gasteiger partial charge in [0.05, 0.1) is 19.3 Å². The molecule has 114 valence electrons. The first kappa shape index (κ1) is 15.4. The van der Waals surface area contributed by atoms with Gasteiger partial charge < -0.3 is 10.5 Å². The molecular formula is C14H27N5O. The fraction of sp³-hybridized carbons (Fsp3) is 0.857. The summed E-state index contributed by atoms with van der Waals surface area (Å²) in [6.45, 7) is 9.62. The van der Waals surface area contributed by atoms with Crippen molar-refractivity contribution in [1.82, 2.24) is 19.7 Å². The van der Waals surface area contributed by atoms with Gasteiger partial charge >= 0.3 is 0 Å². The quantitative estimate of drug-likeness (QED) is 0.803. The number of rotatable bonds is 7. The summed E-state index contributed by atoms with van der Waals surface area (Å²) >= 11 is 0. The smallest absolute Gasteiger partial charge is 0.141 e. The van der Waals surface area contributed by atoms with Crippen LogP contribution in [0, 0.1) is 5.92 Å². The predicted molar refractivity (Wildman–Crippen MR) is 78.2 cm³/mol. The van der Waals surface area contributed by atoms with Crippen LogP contribution in [0.5, 0.6) is 0 Å². The Bertz CT molecular complexity index is 385. The molecule has 6 heteroatoms. The van der Waals surface area contributed by atoms with Gasteiger partial charge in [-0.3, -0.25) is 4.90 Å². The first-order chi connectivity index (χ1) is 9.69. The van der Waals surface area contributed by atoms with Crippen LogP contribution in [0.1, 0.15) is 32.5 Å². The molecule has 0 aromatic carbocycles. The van der Waals surface area contributed by atoms with Crippen LogP contribution in [-0.4, -0.2) is 52.0 Å². The number of hydrogen-bond acceptors (Lipinski definition) is 5. The minimum absolute atomic E-state index is 0.378. The fourth-order valence-corrected chi connectivity index (χ4v) is 2.58. The zero-order valence-electron chi connectivity index (χ0n) is 12.7. The summed E-state index contributed by atoms with van der Waals surface area (Å²) < 4.78 is 7.74. The molecule has 2 heterocycles. The van der Waals surface area contributed by atoms with Gasteiger partial charge in [0.1, 0.15) is 12.2 Å². The van der Waals surface area contributed by atoms with E-state index in [0.29, 0.717) is 25.2 Å². The van der Waals surface area contributed by atoms with Gasteiger partial charge in [-0.2, -0.15) is 5.10 Å². The minimum Gasteiger partial charge on any atom is -0.377 e. The van der Waals surface area contributed by atoms with E-state index in [2.05, 4.69) is 28.8 Å². The molecule has 1 fully saturated rings. The first-order valence-electron chi connectivity index (χ1n) is 7.59. The van der Waals surface area contributed by atoms with Crippen molar-refractivity contribution in [3.05, 3.63) is 12.2 Å². The summed E-state index contributed by atoms with van der Waals surface area (Å²) in [6.07, 6.45) is 4.20. The molecule has 0 aliphatic carbocycles. The molecule has 1 aliphatic rings. The topological polar surface area (TPSA) is 69.2 Å². The maximum Gasteiger partial charge on any atom is 0.141 e. The predicted octanol–water partition coefficient (Wildman–Crippen LogP) is 0.874. The Kier molecular flexibility index (Phi) is 5.94. The molecule has 20 heavy (non-hydrogen) atoms. The van der Waals surface area contributed by atoms with Gasteiger partial charge in [-0.05, 0) is 18.8 Å². The van der Waals surface area contributed by atoms with Gasteiger partial charge in [-0.25, -0.2) is 9.67 Å². The Morgan fingerprint density at radius 2 is 2.15 bits per heavy atom.